The first kappa shape index (κ1) is 15.0. The molecule has 110 valence electrons. The van der Waals surface area contributed by atoms with E-state index < -0.39 is 0 Å². The van der Waals surface area contributed by atoms with E-state index in [9.17, 15) is 4.79 Å². The van der Waals surface area contributed by atoms with Crippen LogP contribution < -0.4 is 5.32 Å². The predicted octanol–water partition coefficient (Wildman–Crippen LogP) is 2.05. The Morgan fingerprint density at radius 3 is 2.95 bits per heavy atom. The van der Waals surface area contributed by atoms with Crippen molar-refractivity contribution in [1.82, 2.24) is 10.2 Å². The molecule has 1 heterocycles. The maximum atomic E-state index is 11.9. The van der Waals surface area contributed by atoms with Gasteiger partial charge in [-0.15, -0.1) is 0 Å². The molecule has 0 aromatic heterocycles. The molecule has 4 heteroatoms. The first-order chi connectivity index (χ1) is 9.58. The summed E-state index contributed by atoms with van der Waals surface area (Å²) in [5.74, 6) is 0.0408. The van der Waals surface area contributed by atoms with Gasteiger partial charge in [-0.1, -0.05) is 12.1 Å². The molecule has 1 N–H and O–H groups in total. The lowest BCUT2D eigenvalue weighted by Gasteiger charge is -2.20. The Hall–Kier alpha value is -1.39. The van der Waals surface area contributed by atoms with Crippen LogP contribution in [0, 0.1) is 0 Å². The molecule has 20 heavy (non-hydrogen) atoms. The van der Waals surface area contributed by atoms with Crippen LogP contribution in [0.5, 0.6) is 0 Å². The van der Waals surface area contributed by atoms with E-state index in [1.807, 2.05) is 24.3 Å². The number of nitrogens with zero attached hydrogens (tertiary/aromatic N) is 1. The van der Waals surface area contributed by atoms with Crippen molar-refractivity contribution in [3.63, 3.8) is 0 Å². The van der Waals surface area contributed by atoms with E-state index in [4.69, 9.17) is 4.74 Å². The Morgan fingerprint density at radius 2 is 2.30 bits per heavy atom. The van der Waals surface area contributed by atoms with Crippen molar-refractivity contribution in [2.75, 3.05) is 20.7 Å². The second kappa shape index (κ2) is 6.86. The van der Waals surface area contributed by atoms with E-state index in [-0.39, 0.29) is 5.91 Å². The van der Waals surface area contributed by atoms with Crippen LogP contribution in [0.1, 0.15) is 35.7 Å². The summed E-state index contributed by atoms with van der Waals surface area (Å²) >= 11 is 0. The lowest BCUT2D eigenvalue weighted by molar-refractivity contribution is 0.0823. The van der Waals surface area contributed by atoms with Gasteiger partial charge < -0.3 is 15.0 Å². The van der Waals surface area contributed by atoms with Crippen molar-refractivity contribution in [1.29, 1.82) is 0 Å². The van der Waals surface area contributed by atoms with Crippen LogP contribution in [0.25, 0.3) is 0 Å². The van der Waals surface area contributed by atoms with Crippen LogP contribution in [0.3, 0.4) is 0 Å². The number of ether oxygens (including phenoxy) is 1. The van der Waals surface area contributed by atoms with Gasteiger partial charge in [-0.25, -0.2) is 0 Å². The minimum absolute atomic E-state index is 0.0408. The molecule has 0 aliphatic carbocycles. The molecule has 1 amide bonds. The van der Waals surface area contributed by atoms with Crippen LogP contribution in [0.4, 0.5) is 0 Å². The zero-order valence-electron chi connectivity index (χ0n) is 12.6. The molecule has 1 aromatic rings. The fraction of sp³-hybridized carbons (Fsp3) is 0.562. The highest BCUT2D eigenvalue weighted by atomic mass is 16.5. The van der Waals surface area contributed by atoms with Gasteiger partial charge in [0.1, 0.15) is 0 Å². The molecule has 0 unspecified atom stereocenters. The largest absolute Gasteiger partial charge is 0.377 e. The van der Waals surface area contributed by atoms with E-state index in [1.165, 1.54) is 0 Å². The highest BCUT2D eigenvalue weighted by molar-refractivity contribution is 5.94. The van der Waals surface area contributed by atoms with E-state index >= 15 is 0 Å². The third kappa shape index (κ3) is 3.81. The number of nitrogens with one attached hydrogen (secondary N) is 1. The summed E-state index contributed by atoms with van der Waals surface area (Å²) in [4.78, 5) is 13.5. The van der Waals surface area contributed by atoms with Gasteiger partial charge >= 0.3 is 0 Å². The predicted molar refractivity (Wildman–Crippen MR) is 79.7 cm³/mol. The normalized spacial score (nSPS) is 19.9. The average molecular weight is 276 g/mol. The van der Waals surface area contributed by atoms with Crippen molar-refractivity contribution >= 4 is 5.91 Å². The molecule has 0 radical (unpaired) electrons. The SMILES string of the molecule is C[C@@H](NCc1cccc(C(=O)N(C)C)c1)[C@H]1CCCO1. The van der Waals surface area contributed by atoms with Gasteiger partial charge in [0.15, 0.2) is 0 Å². The Labute approximate surface area is 121 Å². The van der Waals surface area contributed by atoms with Crippen molar-refractivity contribution < 1.29 is 9.53 Å². The highest BCUT2D eigenvalue weighted by Gasteiger charge is 2.21. The third-order valence-corrected chi connectivity index (χ3v) is 3.73. The van der Waals surface area contributed by atoms with Crippen LogP contribution in [-0.4, -0.2) is 43.7 Å². The first-order valence-electron chi connectivity index (χ1n) is 7.23. The summed E-state index contributed by atoms with van der Waals surface area (Å²) in [6.07, 6.45) is 2.61. The maximum absolute atomic E-state index is 11.9. The van der Waals surface area contributed by atoms with Crippen LogP contribution in [0.15, 0.2) is 24.3 Å². The topological polar surface area (TPSA) is 41.6 Å². The molecule has 1 aliphatic rings. The zero-order valence-corrected chi connectivity index (χ0v) is 12.6. The van der Waals surface area contributed by atoms with Crippen molar-refractivity contribution in [3.05, 3.63) is 35.4 Å². The summed E-state index contributed by atoms with van der Waals surface area (Å²) in [6, 6.07) is 8.13. The van der Waals surface area contributed by atoms with Gasteiger partial charge in [0.05, 0.1) is 6.10 Å². The molecule has 0 bridgehead atoms. The monoisotopic (exact) mass is 276 g/mol. The van der Waals surface area contributed by atoms with E-state index in [0.717, 1.165) is 37.1 Å². The Bertz CT molecular complexity index is 454. The van der Waals surface area contributed by atoms with Crippen molar-refractivity contribution in [3.8, 4) is 0 Å². The van der Waals surface area contributed by atoms with Gasteiger partial charge in [-0.05, 0) is 37.5 Å². The average Bonchev–Trinajstić information content (AvgIpc) is 2.98. The van der Waals surface area contributed by atoms with Crippen molar-refractivity contribution in [2.24, 2.45) is 0 Å². The molecular weight excluding hydrogens is 252 g/mol. The number of benzene rings is 1. The molecule has 4 nitrogen and oxygen atoms in total. The Balaban J connectivity index is 1.92. The second-order valence-corrected chi connectivity index (χ2v) is 5.62. The fourth-order valence-corrected chi connectivity index (χ4v) is 2.48. The van der Waals surface area contributed by atoms with Gasteiger partial charge in [0.2, 0.25) is 0 Å². The van der Waals surface area contributed by atoms with Crippen LogP contribution in [0.2, 0.25) is 0 Å². The fourth-order valence-electron chi connectivity index (χ4n) is 2.48. The summed E-state index contributed by atoms with van der Waals surface area (Å²) in [5, 5.41) is 3.49. The summed E-state index contributed by atoms with van der Waals surface area (Å²) in [5.41, 5.74) is 1.86. The van der Waals surface area contributed by atoms with Crippen LogP contribution >= 0.6 is 0 Å². The summed E-state index contributed by atoms with van der Waals surface area (Å²) in [6.45, 7) is 3.80. The van der Waals surface area contributed by atoms with E-state index in [0.29, 0.717) is 12.1 Å². The van der Waals surface area contributed by atoms with Crippen molar-refractivity contribution in [2.45, 2.75) is 38.5 Å². The van der Waals surface area contributed by atoms with Gasteiger partial charge in [0.25, 0.3) is 5.91 Å². The number of rotatable bonds is 5. The number of carbonyl (C=O) groups is 1. The molecular formula is C16H24N2O2. The third-order valence-electron chi connectivity index (χ3n) is 3.73. The molecule has 1 saturated heterocycles. The number of hydrogen-bond acceptors (Lipinski definition) is 3. The molecule has 2 rings (SSSR count). The maximum Gasteiger partial charge on any atom is 0.253 e. The zero-order chi connectivity index (χ0) is 14.5. The van der Waals surface area contributed by atoms with Gasteiger partial charge in [-0.2, -0.15) is 0 Å². The standard InChI is InChI=1S/C16H24N2O2/c1-12(15-8-5-9-20-15)17-11-13-6-4-7-14(10-13)16(19)18(2)3/h4,6-7,10,12,15,17H,5,8-9,11H2,1-3H3/t12-,15-/m1/s1. The van der Waals surface area contributed by atoms with Gasteiger partial charge in [0, 0.05) is 38.9 Å². The highest BCUT2D eigenvalue weighted by Crippen LogP contribution is 2.16. The summed E-state index contributed by atoms with van der Waals surface area (Å²) in [7, 11) is 3.54. The molecule has 2 atom stereocenters. The molecule has 0 spiro atoms. The smallest absolute Gasteiger partial charge is 0.253 e. The lowest BCUT2D eigenvalue weighted by atomic mass is 10.1. The quantitative estimate of drug-likeness (QED) is 0.895. The Morgan fingerprint density at radius 1 is 1.50 bits per heavy atom. The van der Waals surface area contributed by atoms with E-state index in [1.54, 1.807) is 19.0 Å². The first-order valence-corrected chi connectivity index (χ1v) is 7.23. The minimum Gasteiger partial charge on any atom is -0.377 e. The molecule has 1 aromatic carbocycles. The number of amides is 1. The molecule has 0 saturated carbocycles. The van der Waals surface area contributed by atoms with E-state index in [2.05, 4.69) is 12.2 Å². The number of carbonyl (C=O) groups excluding carboxylic acids is 1. The molecule has 1 fully saturated rings. The minimum atomic E-state index is 0.0408. The lowest BCUT2D eigenvalue weighted by Crippen LogP contribution is -2.36. The van der Waals surface area contributed by atoms with Crippen LogP contribution in [-0.2, 0) is 11.3 Å². The molecule has 1 aliphatic heterocycles. The summed E-state index contributed by atoms with van der Waals surface area (Å²) < 4.78 is 5.67. The second-order valence-electron chi connectivity index (χ2n) is 5.62. The number of hydrogen-bond donors (Lipinski definition) is 1. The Kier molecular flexibility index (Phi) is 5.15. The van der Waals surface area contributed by atoms with Gasteiger partial charge in [-0.3, -0.25) is 4.79 Å².